The first kappa shape index (κ1) is 16.7. The van der Waals surface area contributed by atoms with Gasteiger partial charge in [-0.15, -0.1) is 24.0 Å². The summed E-state index contributed by atoms with van der Waals surface area (Å²) >= 11 is 0. The van der Waals surface area contributed by atoms with Gasteiger partial charge >= 0.3 is 0 Å². The maximum Gasteiger partial charge on any atom is 0.188 e. The molecule has 0 aromatic heterocycles. The minimum Gasteiger partial charge on any atom is -0.377 e. The van der Waals surface area contributed by atoms with Gasteiger partial charge in [0.2, 0.25) is 0 Å². The highest BCUT2D eigenvalue weighted by Crippen LogP contribution is 2.10. The third-order valence-electron chi connectivity index (χ3n) is 2.60. The molecule has 0 aliphatic carbocycles. The Balaban J connectivity index is 0.00000256. The molecule has 3 N–H and O–H groups in total. The van der Waals surface area contributed by atoms with Crippen molar-refractivity contribution >= 4 is 29.9 Å². The molecular weight excluding hydrogens is 329 g/mol. The van der Waals surface area contributed by atoms with E-state index in [0.29, 0.717) is 5.96 Å². The van der Waals surface area contributed by atoms with E-state index in [2.05, 4.69) is 23.3 Å². The van der Waals surface area contributed by atoms with Gasteiger partial charge in [-0.05, 0) is 19.3 Å². The van der Waals surface area contributed by atoms with E-state index in [9.17, 15) is 0 Å². The van der Waals surface area contributed by atoms with Crippen LogP contribution in [-0.4, -0.2) is 32.3 Å². The van der Waals surface area contributed by atoms with E-state index in [1.807, 2.05) is 0 Å². The zero-order valence-electron chi connectivity index (χ0n) is 10.6. The normalized spacial score (nSPS) is 16.1. The number of ether oxygens (including phenoxy) is 1. The van der Waals surface area contributed by atoms with Crippen LogP contribution in [-0.2, 0) is 4.74 Å². The Morgan fingerprint density at radius 3 is 3.06 bits per heavy atom. The lowest BCUT2D eigenvalue weighted by atomic mass is 10.1. The van der Waals surface area contributed by atoms with Crippen molar-refractivity contribution < 1.29 is 4.74 Å². The summed E-state index contributed by atoms with van der Waals surface area (Å²) < 4.78 is 5.25. The topological polar surface area (TPSA) is 59.6 Å². The molecule has 0 saturated heterocycles. The van der Waals surface area contributed by atoms with E-state index < -0.39 is 0 Å². The molecule has 0 amide bonds. The molecule has 100 valence electrons. The molecule has 0 bridgehead atoms. The largest absolute Gasteiger partial charge is 0.377 e. The molecule has 0 aromatic rings. The van der Waals surface area contributed by atoms with Crippen molar-refractivity contribution in [3.05, 3.63) is 11.6 Å². The van der Waals surface area contributed by atoms with Crippen molar-refractivity contribution in [3.8, 4) is 0 Å². The maximum absolute atomic E-state index is 5.72. The minimum absolute atomic E-state index is 0. The van der Waals surface area contributed by atoms with Gasteiger partial charge in [0.1, 0.15) is 0 Å². The SMILES string of the molecule is CCCCN=C(N)NCCC1=CCOCC1.I. The lowest BCUT2D eigenvalue weighted by molar-refractivity contribution is 0.153. The van der Waals surface area contributed by atoms with Gasteiger partial charge in [-0.2, -0.15) is 0 Å². The van der Waals surface area contributed by atoms with Crippen molar-refractivity contribution in [2.45, 2.75) is 32.6 Å². The lowest BCUT2D eigenvalue weighted by Crippen LogP contribution is -2.32. The third-order valence-corrected chi connectivity index (χ3v) is 2.60. The van der Waals surface area contributed by atoms with E-state index in [0.717, 1.165) is 52.0 Å². The molecule has 0 unspecified atom stereocenters. The quantitative estimate of drug-likeness (QED) is 0.253. The van der Waals surface area contributed by atoms with E-state index in [-0.39, 0.29) is 24.0 Å². The van der Waals surface area contributed by atoms with Crippen LogP contribution in [0.2, 0.25) is 0 Å². The van der Waals surface area contributed by atoms with Gasteiger partial charge in [-0.3, -0.25) is 4.99 Å². The molecule has 0 radical (unpaired) electrons. The predicted molar refractivity (Wildman–Crippen MR) is 83.0 cm³/mol. The molecular formula is C12H24IN3O. The minimum atomic E-state index is 0. The molecule has 0 aromatic carbocycles. The number of hydrogen-bond donors (Lipinski definition) is 2. The number of guanidine groups is 1. The van der Waals surface area contributed by atoms with Crippen molar-refractivity contribution in [2.24, 2.45) is 10.7 Å². The molecule has 0 saturated carbocycles. The molecule has 1 aliphatic heterocycles. The van der Waals surface area contributed by atoms with Crippen LogP contribution in [0.1, 0.15) is 32.6 Å². The Morgan fingerprint density at radius 1 is 1.59 bits per heavy atom. The second-order valence-corrected chi connectivity index (χ2v) is 3.98. The van der Waals surface area contributed by atoms with Crippen molar-refractivity contribution in [2.75, 3.05) is 26.3 Å². The Bertz CT molecular complexity index is 254. The molecule has 0 atom stereocenters. The number of nitrogens with zero attached hydrogens (tertiary/aromatic N) is 1. The summed E-state index contributed by atoms with van der Waals surface area (Å²) in [5, 5.41) is 3.13. The fraction of sp³-hybridized carbons (Fsp3) is 0.750. The van der Waals surface area contributed by atoms with E-state index in [1.54, 1.807) is 0 Å². The lowest BCUT2D eigenvalue weighted by Gasteiger charge is -2.13. The zero-order valence-corrected chi connectivity index (χ0v) is 12.9. The van der Waals surface area contributed by atoms with Gasteiger partial charge in [-0.25, -0.2) is 0 Å². The average molecular weight is 353 g/mol. The second-order valence-electron chi connectivity index (χ2n) is 3.98. The molecule has 1 rings (SSSR count). The molecule has 1 aliphatic rings. The van der Waals surface area contributed by atoms with Crippen LogP contribution in [0.15, 0.2) is 16.6 Å². The van der Waals surface area contributed by atoms with Crippen LogP contribution in [0.5, 0.6) is 0 Å². The third kappa shape index (κ3) is 8.43. The average Bonchev–Trinajstić information content (AvgIpc) is 2.31. The summed E-state index contributed by atoms with van der Waals surface area (Å²) in [6.45, 7) is 5.46. The summed E-state index contributed by atoms with van der Waals surface area (Å²) in [5.74, 6) is 0.570. The summed E-state index contributed by atoms with van der Waals surface area (Å²) in [6.07, 6.45) is 6.51. The number of nitrogens with two attached hydrogens (primary N) is 1. The number of rotatable bonds is 6. The van der Waals surface area contributed by atoms with Crippen LogP contribution >= 0.6 is 24.0 Å². The molecule has 5 heteroatoms. The second kappa shape index (κ2) is 10.8. The molecule has 17 heavy (non-hydrogen) atoms. The van der Waals surface area contributed by atoms with Crippen molar-refractivity contribution in [1.82, 2.24) is 5.32 Å². The highest BCUT2D eigenvalue weighted by Gasteiger charge is 2.02. The van der Waals surface area contributed by atoms with Crippen molar-refractivity contribution in [1.29, 1.82) is 0 Å². The summed E-state index contributed by atoms with van der Waals surface area (Å²) in [6, 6.07) is 0. The fourth-order valence-electron chi connectivity index (χ4n) is 1.56. The Labute approximate surface area is 121 Å². The fourth-order valence-corrected chi connectivity index (χ4v) is 1.56. The maximum atomic E-state index is 5.72. The predicted octanol–water partition coefficient (Wildman–Crippen LogP) is 2.05. The molecule has 0 spiro atoms. The number of nitrogens with one attached hydrogen (secondary N) is 1. The van der Waals surface area contributed by atoms with Gasteiger partial charge < -0.3 is 15.8 Å². The highest BCUT2D eigenvalue weighted by atomic mass is 127. The summed E-state index contributed by atoms with van der Waals surface area (Å²) in [5.41, 5.74) is 7.18. The van der Waals surface area contributed by atoms with Gasteiger partial charge in [-0.1, -0.05) is 25.0 Å². The molecule has 4 nitrogen and oxygen atoms in total. The summed E-state index contributed by atoms with van der Waals surface area (Å²) in [4.78, 5) is 4.24. The molecule has 1 heterocycles. The number of aliphatic imine (C=N–C) groups is 1. The number of halogens is 1. The smallest absolute Gasteiger partial charge is 0.188 e. The van der Waals surface area contributed by atoms with Crippen LogP contribution in [0.4, 0.5) is 0 Å². The van der Waals surface area contributed by atoms with Crippen LogP contribution in [0.3, 0.4) is 0 Å². The van der Waals surface area contributed by atoms with E-state index >= 15 is 0 Å². The Hall–Kier alpha value is -0.300. The first-order valence-electron chi connectivity index (χ1n) is 6.12. The monoisotopic (exact) mass is 353 g/mol. The van der Waals surface area contributed by atoms with Gasteiger partial charge in [0.25, 0.3) is 0 Å². The first-order valence-corrected chi connectivity index (χ1v) is 6.12. The molecule has 0 fully saturated rings. The number of hydrogen-bond acceptors (Lipinski definition) is 2. The van der Waals surface area contributed by atoms with Crippen molar-refractivity contribution in [3.63, 3.8) is 0 Å². The van der Waals surface area contributed by atoms with Crippen LogP contribution in [0.25, 0.3) is 0 Å². The zero-order chi connectivity index (χ0) is 11.6. The van der Waals surface area contributed by atoms with Gasteiger partial charge in [0.05, 0.1) is 13.2 Å². The van der Waals surface area contributed by atoms with Crippen LogP contribution < -0.4 is 11.1 Å². The van der Waals surface area contributed by atoms with Gasteiger partial charge in [0.15, 0.2) is 5.96 Å². The Morgan fingerprint density at radius 2 is 2.41 bits per heavy atom. The standard InChI is InChI=1S/C12H23N3O.HI/c1-2-3-7-14-12(13)15-8-4-11-5-9-16-10-6-11;/h5H,2-4,6-10H2,1H3,(H3,13,14,15);1H. The highest BCUT2D eigenvalue weighted by molar-refractivity contribution is 14.0. The first-order chi connectivity index (χ1) is 7.83. The number of unbranched alkanes of at least 4 members (excludes halogenated alkanes) is 1. The van der Waals surface area contributed by atoms with Crippen LogP contribution in [0, 0.1) is 0 Å². The van der Waals surface area contributed by atoms with E-state index in [4.69, 9.17) is 10.5 Å². The summed E-state index contributed by atoms with van der Waals surface area (Å²) in [7, 11) is 0. The Kier molecular flexibility index (Phi) is 10.6. The van der Waals surface area contributed by atoms with E-state index in [1.165, 1.54) is 5.57 Å². The van der Waals surface area contributed by atoms with Gasteiger partial charge in [0, 0.05) is 13.1 Å².